The predicted molar refractivity (Wildman–Crippen MR) is 71.7 cm³/mol. The molecule has 0 unspecified atom stereocenters. The van der Waals surface area contributed by atoms with Gasteiger partial charge in [-0.15, -0.1) is 0 Å². The van der Waals surface area contributed by atoms with E-state index in [4.69, 9.17) is 0 Å². The zero-order chi connectivity index (χ0) is 13.0. The summed E-state index contributed by atoms with van der Waals surface area (Å²) in [6.45, 7) is 7.62. The molecule has 104 valence electrons. The van der Waals surface area contributed by atoms with E-state index in [1.54, 1.807) is 4.90 Å². The highest BCUT2D eigenvalue weighted by atomic mass is 16.2. The van der Waals surface area contributed by atoms with Crippen molar-refractivity contribution in [3.63, 3.8) is 0 Å². The van der Waals surface area contributed by atoms with E-state index in [2.05, 4.69) is 19.3 Å². The Kier molecular flexibility index (Phi) is 5.01. The highest BCUT2D eigenvalue weighted by Gasteiger charge is 2.26. The highest BCUT2D eigenvalue weighted by Crippen LogP contribution is 2.23. The number of carbonyl (C=O) groups is 1. The van der Waals surface area contributed by atoms with Gasteiger partial charge in [-0.2, -0.15) is 0 Å². The Morgan fingerprint density at radius 1 is 1.17 bits per heavy atom. The molecule has 0 spiro atoms. The second kappa shape index (κ2) is 6.53. The molecule has 2 aliphatic rings. The minimum absolute atomic E-state index is 0.267. The first kappa shape index (κ1) is 13.8. The van der Waals surface area contributed by atoms with Gasteiger partial charge in [-0.1, -0.05) is 19.8 Å². The van der Waals surface area contributed by atoms with Crippen LogP contribution in [0.5, 0.6) is 0 Å². The van der Waals surface area contributed by atoms with Gasteiger partial charge in [0.1, 0.15) is 26.2 Å². The number of hydrogen-bond acceptors (Lipinski definition) is 1. The van der Waals surface area contributed by atoms with Crippen molar-refractivity contribution in [1.82, 2.24) is 5.32 Å². The smallest absolute Gasteiger partial charge is 0.275 e. The summed E-state index contributed by atoms with van der Waals surface area (Å²) < 4.78 is 0. The lowest BCUT2D eigenvalue weighted by atomic mass is 9.86. The van der Waals surface area contributed by atoms with Crippen LogP contribution in [0.4, 0.5) is 0 Å². The molecule has 3 N–H and O–H groups in total. The van der Waals surface area contributed by atoms with Crippen LogP contribution in [0.25, 0.3) is 0 Å². The highest BCUT2D eigenvalue weighted by molar-refractivity contribution is 5.77. The van der Waals surface area contributed by atoms with Crippen molar-refractivity contribution < 1.29 is 14.6 Å². The summed E-state index contributed by atoms with van der Waals surface area (Å²) >= 11 is 0. The molecule has 1 saturated heterocycles. The molecular formula is C14H29N3O+2. The van der Waals surface area contributed by atoms with E-state index in [0.29, 0.717) is 18.5 Å². The van der Waals surface area contributed by atoms with Crippen molar-refractivity contribution in [2.45, 2.75) is 38.6 Å². The molecule has 0 bridgehead atoms. The number of likely N-dealkylation sites (N-methyl/N-ethyl adjacent to an activating group) is 1. The van der Waals surface area contributed by atoms with Crippen molar-refractivity contribution in [2.75, 3.05) is 39.8 Å². The zero-order valence-corrected chi connectivity index (χ0v) is 11.9. The fourth-order valence-electron chi connectivity index (χ4n) is 3.22. The first-order valence-corrected chi connectivity index (χ1v) is 7.59. The van der Waals surface area contributed by atoms with Gasteiger partial charge in [-0.3, -0.25) is 4.79 Å². The Morgan fingerprint density at radius 2 is 1.83 bits per heavy atom. The lowest BCUT2D eigenvalue weighted by Gasteiger charge is -2.31. The lowest BCUT2D eigenvalue weighted by molar-refractivity contribution is -1.000. The second-order valence-corrected chi connectivity index (χ2v) is 6.32. The molecule has 0 aromatic carbocycles. The summed E-state index contributed by atoms with van der Waals surface area (Å²) in [5.74, 6) is 0.929. The van der Waals surface area contributed by atoms with Gasteiger partial charge in [0.05, 0.1) is 7.05 Å². The first-order chi connectivity index (χ1) is 8.65. The van der Waals surface area contributed by atoms with Crippen molar-refractivity contribution in [2.24, 2.45) is 5.92 Å². The third-order valence-electron chi connectivity index (χ3n) is 4.68. The molecule has 1 aliphatic carbocycles. The minimum Gasteiger partial charge on any atom is -0.348 e. The SMILES string of the molecule is C[C@H]1CCCC[C@@H]1NC(=O)C[NH+]1CC[NH+](C)CC1. The van der Waals surface area contributed by atoms with Crippen LogP contribution in [0.2, 0.25) is 0 Å². The average Bonchev–Trinajstić information content (AvgIpc) is 2.35. The van der Waals surface area contributed by atoms with Crippen LogP contribution in [0.15, 0.2) is 0 Å². The molecule has 4 heteroatoms. The molecule has 4 nitrogen and oxygen atoms in total. The molecule has 18 heavy (non-hydrogen) atoms. The van der Waals surface area contributed by atoms with Crippen molar-refractivity contribution in [1.29, 1.82) is 0 Å². The van der Waals surface area contributed by atoms with E-state index in [-0.39, 0.29) is 5.91 Å². The second-order valence-electron chi connectivity index (χ2n) is 6.32. The molecule has 1 aliphatic heterocycles. The maximum absolute atomic E-state index is 12.1. The van der Waals surface area contributed by atoms with E-state index < -0.39 is 0 Å². The first-order valence-electron chi connectivity index (χ1n) is 7.59. The van der Waals surface area contributed by atoms with Crippen molar-refractivity contribution in [3.8, 4) is 0 Å². The molecule has 2 rings (SSSR count). The zero-order valence-electron chi connectivity index (χ0n) is 11.9. The molecule has 0 aromatic heterocycles. The van der Waals surface area contributed by atoms with Gasteiger partial charge in [0.2, 0.25) is 0 Å². The van der Waals surface area contributed by atoms with Crippen LogP contribution in [-0.4, -0.2) is 51.7 Å². The van der Waals surface area contributed by atoms with E-state index in [9.17, 15) is 4.79 Å². The third kappa shape index (κ3) is 3.95. The predicted octanol–water partition coefficient (Wildman–Crippen LogP) is -1.91. The molecule has 2 fully saturated rings. The molecule has 1 heterocycles. The average molecular weight is 255 g/mol. The minimum atomic E-state index is 0.267. The van der Waals surface area contributed by atoms with Crippen LogP contribution in [0.1, 0.15) is 32.6 Å². The normalized spacial score (nSPS) is 37.2. The molecule has 0 aromatic rings. The number of carbonyl (C=O) groups excluding carboxylic acids is 1. The summed E-state index contributed by atoms with van der Waals surface area (Å²) in [6, 6.07) is 0.434. The maximum Gasteiger partial charge on any atom is 0.275 e. The number of nitrogens with one attached hydrogen (secondary N) is 3. The van der Waals surface area contributed by atoms with Gasteiger partial charge in [0.25, 0.3) is 5.91 Å². The van der Waals surface area contributed by atoms with E-state index in [1.165, 1.54) is 43.7 Å². The van der Waals surface area contributed by atoms with Crippen molar-refractivity contribution in [3.05, 3.63) is 0 Å². The molecular weight excluding hydrogens is 226 g/mol. The summed E-state index contributed by atoms with van der Waals surface area (Å²) in [5, 5.41) is 3.26. The fraction of sp³-hybridized carbons (Fsp3) is 0.929. The monoisotopic (exact) mass is 255 g/mol. The standard InChI is InChI=1S/C14H27N3O/c1-12-5-3-4-6-13(12)15-14(18)11-17-9-7-16(2)8-10-17/h12-13H,3-11H2,1-2H3,(H,15,18)/p+2/t12-,13-/m0/s1. The topological polar surface area (TPSA) is 38.0 Å². The van der Waals surface area contributed by atoms with Crippen LogP contribution < -0.4 is 15.1 Å². The van der Waals surface area contributed by atoms with Gasteiger partial charge in [-0.25, -0.2) is 0 Å². The van der Waals surface area contributed by atoms with Gasteiger partial charge < -0.3 is 15.1 Å². The number of rotatable bonds is 3. The molecule has 1 amide bonds. The molecule has 2 atom stereocenters. The van der Waals surface area contributed by atoms with E-state index >= 15 is 0 Å². The lowest BCUT2D eigenvalue weighted by Crippen LogP contribution is -3.27. The number of piperazine rings is 1. The Labute approximate surface area is 111 Å². The Balaban J connectivity index is 1.71. The van der Waals surface area contributed by atoms with E-state index in [0.717, 1.165) is 13.1 Å². The number of amides is 1. The maximum atomic E-state index is 12.1. The third-order valence-corrected chi connectivity index (χ3v) is 4.68. The van der Waals surface area contributed by atoms with Crippen LogP contribution in [0.3, 0.4) is 0 Å². The van der Waals surface area contributed by atoms with Crippen molar-refractivity contribution >= 4 is 5.91 Å². The largest absolute Gasteiger partial charge is 0.348 e. The Morgan fingerprint density at radius 3 is 2.50 bits per heavy atom. The van der Waals surface area contributed by atoms with Crippen LogP contribution in [0, 0.1) is 5.92 Å². The summed E-state index contributed by atoms with van der Waals surface area (Å²) in [7, 11) is 2.24. The van der Waals surface area contributed by atoms with E-state index in [1.807, 2.05) is 0 Å². The fourth-order valence-corrected chi connectivity index (χ4v) is 3.22. The number of quaternary nitrogens is 2. The Hall–Kier alpha value is -0.610. The quantitative estimate of drug-likeness (QED) is 0.541. The summed E-state index contributed by atoms with van der Waals surface area (Å²) in [5.41, 5.74) is 0. The summed E-state index contributed by atoms with van der Waals surface area (Å²) in [6.07, 6.45) is 5.06. The number of hydrogen-bond donors (Lipinski definition) is 3. The van der Waals surface area contributed by atoms with Gasteiger partial charge >= 0.3 is 0 Å². The Bertz CT molecular complexity index is 274. The molecule has 1 saturated carbocycles. The summed E-state index contributed by atoms with van der Waals surface area (Å²) in [4.78, 5) is 15.1. The van der Waals surface area contributed by atoms with Gasteiger partial charge in [0.15, 0.2) is 6.54 Å². The van der Waals surface area contributed by atoms with Gasteiger partial charge in [-0.05, 0) is 18.8 Å². The molecule has 0 radical (unpaired) electrons. The van der Waals surface area contributed by atoms with Crippen LogP contribution in [-0.2, 0) is 4.79 Å². The van der Waals surface area contributed by atoms with Crippen LogP contribution >= 0.6 is 0 Å². The van der Waals surface area contributed by atoms with Gasteiger partial charge in [0, 0.05) is 6.04 Å².